The van der Waals surface area contributed by atoms with E-state index in [9.17, 15) is 4.79 Å². The van der Waals surface area contributed by atoms with E-state index < -0.39 is 0 Å². The number of aryl methyl sites for hydroxylation is 1. The number of ether oxygens (including phenoxy) is 3. The molecule has 0 aromatic heterocycles. The summed E-state index contributed by atoms with van der Waals surface area (Å²) in [6.45, 7) is 8.90. The third-order valence-electron chi connectivity index (χ3n) is 6.53. The highest BCUT2D eigenvalue weighted by Gasteiger charge is 2.24. The van der Waals surface area contributed by atoms with Crippen LogP contribution in [0.5, 0.6) is 17.2 Å². The highest BCUT2D eigenvalue weighted by molar-refractivity contribution is 7.98. The molecule has 2 aliphatic rings. The zero-order valence-electron chi connectivity index (χ0n) is 20.9. The minimum absolute atomic E-state index is 0.0855. The van der Waals surface area contributed by atoms with Crippen LogP contribution in [-0.4, -0.2) is 55.3 Å². The van der Waals surface area contributed by atoms with Crippen molar-refractivity contribution in [2.24, 2.45) is 0 Å². The van der Waals surface area contributed by atoms with Gasteiger partial charge in [0.05, 0.1) is 6.61 Å². The number of hydrogen-bond acceptors (Lipinski definition) is 6. The zero-order chi connectivity index (χ0) is 24.9. The van der Waals surface area contributed by atoms with Crippen LogP contribution >= 0.6 is 11.8 Å². The minimum Gasteiger partial charge on any atom is -0.494 e. The molecule has 3 aromatic rings. The fraction of sp³-hybridized carbons (Fsp3) is 0.345. The smallest absolute Gasteiger partial charge is 0.253 e. The van der Waals surface area contributed by atoms with E-state index in [1.807, 2.05) is 36.1 Å². The quantitative estimate of drug-likeness (QED) is 0.384. The summed E-state index contributed by atoms with van der Waals surface area (Å²) in [4.78, 5) is 18.9. The molecule has 1 fully saturated rings. The lowest BCUT2D eigenvalue weighted by molar-refractivity contribution is 0.0628. The van der Waals surface area contributed by atoms with Crippen LogP contribution in [0.15, 0.2) is 65.6 Å². The highest BCUT2D eigenvalue weighted by atomic mass is 32.2. The lowest BCUT2D eigenvalue weighted by atomic mass is 10.1. The maximum absolute atomic E-state index is 13.4. The lowest BCUT2D eigenvalue weighted by Crippen LogP contribution is -2.48. The number of nitrogens with zero attached hydrogens (tertiary/aromatic N) is 2. The number of benzene rings is 3. The van der Waals surface area contributed by atoms with Crippen LogP contribution in [0, 0.1) is 6.92 Å². The number of thioether (sulfide) groups is 1. The van der Waals surface area contributed by atoms with Gasteiger partial charge in [0, 0.05) is 54.5 Å². The summed E-state index contributed by atoms with van der Waals surface area (Å²) in [5, 5.41) is 0. The molecule has 2 heterocycles. The SMILES string of the molecule is CCOc1ccc(C(=O)N2CCN(Cc3ccc4c(c3)OCO4)CC2)cc1CSc1ccc(C)cc1. The van der Waals surface area contributed by atoms with Crippen LogP contribution in [-0.2, 0) is 12.3 Å². The van der Waals surface area contributed by atoms with Gasteiger partial charge in [-0.05, 0) is 61.9 Å². The largest absolute Gasteiger partial charge is 0.494 e. The predicted molar refractivity (Wildman–Crippen MR) is 142 cm³/mol. The maximum Gasteiger partial charge on any atom is 0.253 e. The molecule has 1 amide bonds. The first-order chi connectivity index (χ1) is 17.6. The summed E-state index contributed by atoms with van der Waals surface area (Å²) in [6, 6.07) is 20.5. The second kappa shape index (κ2) is 11.3. The molecule has 0 atom stereocenters. The Morgan fingerprint density at radius 3 is 2.50 bits per heavy atom. The summed E-state index contributed by atoms with van der Waals surface area (Å²) in [5.74, 6) is 3.31. The van der Waals surface area contributed by atoms with E-state index in [0.717, 1.165) is 53.8 Å². The van der Waals surface area contributed by atoms with Gasteiger partial charge in [-0.25, -0.2) is 0 Å². The van der Waals surface area contributed by atoms with Crippen LogP contribution in [0.3, 0.4) is 0 Å². The summed E-state index contributed by atoms with van der Waals surface area (Å²) in [6.07, 6.45) is 0. The number of fused-ring (bicyclic) bond motifs is 1. The predicted octanol–water partition coefficient (Wildman–Crippen LogP) is 5.37. The van der Waals surface area contributed by atoms with E-state index in [2.05, 4.69) is 48.2 Å². The molecule has 36 heavy (non-hydrogen) atoms. The number of carbonyl (C=O) groups is 1. The van der Waals surface area contributed by atoms with Gasteiger partial charge in [0.25, 0.3) is 5.91 Å². The van der Waals surface area contributed by atoms with E-state index in [0.29, 0.717) is 19.7 Å². The van der Waals surface area contributed by atoms with Crippen molar-refractivity contribution >= 4 is 17.7 Å². The van der Waals surface area contributed by atoms with Gasteiger partial charge in [0.15, 0.2) is 11.5 Å². The van der Waals surface area contributed by atoms with E-state index in [-0.39, 0.29) is 12.7 Å². The van der Waals surface area contributed by atoms with Crippen LogP contribution < -0.4 is 14.2 Å². The Morgan fingerprint density at radius 1 is 0.944 bits per heavy atom. The number of amides is 1. The molecule has 7 heteroatoms. The second-order valence-corrected chi connectivity index (χ2v) is 10.2. The fourth-order valence-corrected chi connectivity index (χ4v) is 5.38. The molecule has 3 aromatic carbocycles. The molecule has 0 aliphatic carbocycles. The molecule has 0 radical (unpaired) electrons. The van der Waals surface area contributed by atoms with Crippen molar-refractivity contribution in [1.29, 1.82) is 0 Å². The molecule has 0 N–H and O–H groups in total. The molecule has 2 aliphatic heterocycles. The van der Waals surface area contributed by atoms with Gasteiger partial charge in [-0.15, -0.1) is 11.8 Å². The maximum atomic E-state index is 13.4. The standard InChI is InChI=1S/C29H32N2O4S/c1-3-33-26-11-7-23(17-24(26)19-36-25-8-4-21(2)5-9-25)29(32)31-14-12-30(13-15-31)18-22-6-10-27-28(16-22)35-20-34-27/h4-11,16-17H,3,12-15,18-20H2,1-2H3. The molecule has 0 unspecified atom stereocenters. The topological polar surface area (TPSA) is 51.2 Å². The molecule has 188 valence electrons. The van der Waals surface area contributed by atoms with Gasteiger partial charge in [0.1, 0.15) is 5.75 Å². The fourth-order valence-electron chi connectivity index (χ4n) is 4.51. The third-order valence-corrected chi connectivity index (χ3v) is 7.59. The lowest BCUT2D eigenvalue weighted by Gasteiger charge is -2.35. The average molecular weight is 505 g/mol. The van der Waals surface area contributed by atoms with E-state index in [1.54, 1.807) is 11.8 Å². The van der Waals surface area contributed by atoms with Gasteiger partial charge < -0.3 is 19.1 Å². The van der Waals surface area contributed by atoms with E-state index in [4.69, 9.17) is 14.2 Å². The van der Waals surface area contributed by atoms with E-state index in [1.165, 1.54) is 16.0 Å². The summed E-state index contributed by atoms with van der Waals surface area (Å²) < 4.78 is 16.8. The van der Waals surface area contributed by atoms with Gasteiger partial charge in [-0.2, -0.15) is 0 Å². The Hall–Kier alpha value is -3.16. The normalized spacial score (nSPS) is 15.2. The zero-order valence-corrected chi connectivity index (χ0v) is 21.7. The Bertz CT molecular complexity index is 1210. The third kappa shape index (κ3) is 5.79. The molecular weight excluding hydrogens is 472 g/mol. The Labute approximate surface area is 217 Å². The monoisotopic (exact) mass is 504 g/mol. The summed E-state index contributed by atoms with van der Waals surface area (Å²) in [7, 11) is 0. The van der Waals surface area contributed by atoms with Crippen LogP contribution in [0.4, 0.5) is 0 Å². The minimum atomic E-state index is 0.0855. The number of carbonyl (C=O) groups excluding carboxylic acids is 1. The molecule has 0 bridgehead atoms. The van der Waals surface area contributed by atoms with Gasteiger partial charge >= 0.3 is 0 Å². The van der Waals surface area contributed by atoms with Crippen molar-refractivity contribution in [2.45, 2.75) is 31.0 Å². The van der Waals surface area contributed by atoms with Gasteiger partial charge in [-0.1, -0.05) is 23.8 Å². The first-order valence-electron chi connectivity index (χ1n) is 12.4. The first kappa shape index (κ1) is 24.5. The molecule has 1 saturated heterocycles. The van der Waals surface area contributed by atoms with Crippen molar-refractivity contribution in [3.05, 3.63) is 82.9 Å². The van der Waals surface area contributed by atoms with Crippen molar-refractivity contribution in [3.8, 4) is 17.2 Å². The van der Waals surface area contributed by atoms with Gasteiger partial charge in [-0.3, -0.25) is 9.69 Å². The van der Waals surface area contributed by atoms with Crippen LogP contribution in [0.25, 0.3) is 0 Å². The van der Waals surface area contributed by atoms with Crippen LogP contribution in [0.2, 0.25) is 0 Å². The molecule has 6 nitrogen and oxygen atoms in total. The molecule has 0 saturated carbocycles. The van der Waals surface area contributed by atoms with E-state index >= 15 is 0 Å². The average Bonchev–Trinajstić information content (AvgIpc) is 3.37. The van der Waals surface area contributed by atoms with Gasteiger partial charge in [0.2, 0.25) is 6.79 Å². The number of rotatable bonds is 8. The van der Waals surface area contributed by atoms with Crippen molar-refractivity contribution < 1.29 is 19.0 Å². The first-order valence-corrected chi connectivity index (χ1v) is 13.4. The second-order valence-electron chi connectivity index (χ2n) is 9.11. The van der Waals surface area contributed by atoms with Crippen LogP contribution in [0.1, 0.15) is 34.0 Å². The molecule has 0 spiro atoms. The number of piperazine rings is 1. The highest BCUT2D eigenvalue weighted by Crippen LogP contribution is 2.33. The molecule has 5 rings (SSSR count). The van der Waals surface area contributed by atoms with Crippen molar-refractivity contribution in [2.75, 3.05) is 39.6 Å². The summed E-state index contributed by atoms with van der Waals surface area (Å²) in [5.41, 5.74) is 4.22. The Balaban J connectivity index is 1.20. The summed E-state index contributed by atoms with van der Waals surface area (Å²) >= 11 is 1.76. The Morgan fingerprint density at radius 2 is 1.72 bits per heavy atom. The van der Waals surface area contributed by atoms with Crippen molar-refractivity contribution in [3.63, 3.8) is 0 Å². The Kier molecular flexibility index (Phi) is 7.68. The molecular formula is C29H32N2O4S. The number of hydrogen-bond donors (Lipinski definition) is 0. The van der Waals surface area contributed by atoms with Crippen molar-refractivity contribution in [1.82, 2.24) is 9.80 Å².